The zero-order chi connectivity index (χ0) is 12.5. The summed E-state index contributed by atoms with van der Waals surface area (Å²) in [6, 6.07) is 2.42. The molecule has 1 rings (SSSR count). The molecule has 0 radical (unpaired) electrons. The number of rotatable bonds is 8. The Hall–Kier alpha value is -1.29. The minimum Gasteiger partial charge on any atom is -0.384 e. The SMILES string of the molecule is CCCNc1cncc(NC(CC)COC)c1. The zero-order valence-corrected chi connectivity index (χ0v) is 11.0. The van der Waals surface area contributed by atoms with Gasteiger partial charge in [-0.3, -0.25) is 4.98 Å². The molecule has 1 heterocycles. The monoisotopic (exact) mass is 237 g/mol. The zero-order valence-electron chi connectivity index (χ0n) is 11.0. The Kier molecular flexibility index (Phi) is 6.40. The second-order valence-corrected chi connectivity index (χ2v) is 4.09. The summed E-state index contributed by atoms with van der Waals surface area (Å²) >= 11 is 0. The fourth-order valence-electron chi connectivity index (χ4n) is 1.58. The highest BCUT2D eigenvalue weighted by Crippen LogP contribution is 2.14. The number of hydrogen-bond acceptors (Lipinski definition) is 4. The molecule has 2 N–H and O–H groups in total. The number of nitrogens with one attached hydrogen (secondary N) is 2. The van der Waals surface area contributed by atoms with E-state index in [-0.39, 0.29) is 0 Å². The van der Waals surface area contributed by atoms with Crippen molar-refractivity contribution in [3.05, 3.63) is 18.5 Å². The van der Waals surface area contributed by atoms with Crippen LogP contribution in [0.2, 0.25) is 0 Å². The van der Waals surface area contributed by atoms with E-state index in [4.69, 9.17) is 4.74 Å². The number of aromatic nitrogens is 1. The summed E-state index contributed by atoms with van der Waals surface area (Å²) in [7, 11) is 1.72. The van der Waals surface area contributed by atoms with Crippen molar-refractivity contribution in [2.24, 2.45) is 0 Å². The van der Waals surface area contributed by atoms with Gasteiger partial charge in [0.25, 0.3) is 0 Å². The van der Waals surface area contributed by atoms with Crippen molar-refractivity contribution in [3.63, 3.8) is 0 Å². The lowest BCUT2D eigenvalue weighted by atomic mass is 10.2. The highest BCUT2D eigenvalue weighted by molar-refractivity contribution is 5.54. The van der Waals surface area contributed by atoms with Gasteiger partial charge >= 0.3 is 0 Å². The first-order chi connectivity index (χ1) is 8.30. The quantitative estimate of drug-likeness (QED) is 0.730. The van der Waals surface area contributed by atoms with Gasteiger partial charge in [-0.25, -0.2) is 0 Å². The predicted octanol–water partition coefficient (Wildman–Crippen LogP) is 2.74. The number of hydrogen-bond donors (Lipinski definition) is 2. The molecule has 1 atom stereocenters. The molecule has 1 unspecified atom stereocenters. The number of ether oxygens (including phenoxy) is 1. The van der Waals surface area contributed by atoms with Gasteiger partial charge in [-0.2, -0.15) is 0 Å². The van der Waals surface area contributed by atoms with Gasteiger partial charge in [-0.1, -0.05) is 13.8 Å². The minimum atomic E-state index is 0.336. The van der Waals surface area contributed by atoms with Crippen LogP contribution >= 0.6 is 0 Å². The first-order valence-corrected chi connectivity index (χ1v) is 6.24. The Balaban J connectivity index is 2.57. The molecule has 0 spiro atoms. The van der Waals surface area contributed by atoms with Gasteiger partial charge in [0, 0.05) is 19.7 Å². The van der Waals surface area contributed by atoms with Crippen molar-refractivity contribution in [1.29, 1.82) is 0 Å². The van der Waals surface area contributed by atoms with Gasteiger partial charge in [-0.05, 0) is 18.9 Å². The van der Waals surface area contributed by atoms with E-state index >= 15 is 0 Å². The molecular weight excluding hydrogens is 214 g/mol. The molecule has 1 aromatic rings. The first kappa shape index (κ1) is 13.8. The van der Waals surface area contributed by atoms with E-state index in [1.165, 1.54) is 0 Å². The van der Waals surface area contributed by atoms with Crippen LogP contribution in [0.5, 0.6) is 0 Å². The molecule has 4 nitrogen and oxygen atoms in total. The van der Waals surface area contributed by atoms with Crippen LogP contribution in [0.15, 0.2) is 18.5 Å². The summed E-state index contributed by atoms with van der Waals surface area (Å²) in [5, 5.41) is 6.74. The van der Waals surface area contributed by atoms with E-state index < -0.39 is 0 Å². The molecule has 17 heavy (non-hydrogen) atoms. The van der Waals surface area contributed by atoms with Gasteiger partial charge in [0.1, 0.15) is 0 Å². The maximum atomic E-state index is 5.16. The number of nitrogens with zero attached hydrogens (tertiary/aromatic N) is 1. The van der Waals surface area contributed by atoms with E-state index in [1.807, 2.05) is 12.4 Å². The van der Waals surface area contributed by atoms with Gasteiger partial charge in [0.05, 0.1) is 30.4 Å². The molecule has 0 bridgehead atoms. The summed E-state index contributed by atoms with van der Waals surface area (Å²) in [5.74, 6) is 0. The van der Waals surface area contributed by atoms with Crippen molar-refractivity contribution in [2.45, 2.75) is 32.7 Å². The van der Waals surface area contributed by atoms with Crippen molar-refractivity contribution < 1.29 is 4.74 Å². The molecule has 0 aliphatic heterocycles. The Morgan fingerprint density at radius 1 is 1.29 bits per heavy atom. The normalized spacial score (nSPS) is 12.2. The van der Waals surface area contributed by atoms with E-state index in [0.29, 0.717) is 12.6 Å². The molecule has 0 amide bonds. The molecule has 1 aromatic heterocycles. The molecule has 0 saturated heterocycles. The summed E-state index contributed by atoms with van der Waals surface area (Å²) in [4.78, 5) is 4.22. The third-order valence-corrected chi connectivity index (χ3v) is 2.55. The summed E-state index contributed by atoms with van der Waals surface area (Å²) in [6.07, 6.45) is 5.83. The molecule has 0 aliphatic rings. The van der Waals surface area contributed by atoms with Gasteiger partial charge in [0.2, 0.25) is 0 Å². The second-order valence-electron chi connectivity index (χ2n) is 4.09. The van der Waals surface area contributed by atoms with Crippen molar-refractivity contribution in [1.82, 2.24) is 4.98 Å². The lowest BCUT2D eigenvalue weighted by Crippen LogP contribution is -2.23. The van der Waals surface area contributed by atoms with Crippen LogP contribution < -0.4 is 10.6 Å². The smallest absolute Gasteiger partial charge is 0.0663 e. The van der Waals surface area contributed by atoms with Crippen molar-refractivity contribution in [3.8, 4) is 0 Å². The van der Waals surface area contributed by atoms with Crippen LogP contribution in [-0.4, -0.2) is 31.3 Å². The average molecular weight is 237 g/mol. The summed E-state index contributed by atoms with van der Waals surface area (Å²) in [6.45, 7) is 5.97. The van der Waals surface area contributed by atoms with Crippen LogP contribution in [0.3, 0.4) is 0 Å². The molecule has 0 saturated carbocycles. The molecule has 4 heteroatoms. The Morgan fingerprint density at radius 3 is 2.71 bits per heavy atom. The maximum Gasteiger partial charge on any atom is 0.0663 e. The van der Waals surface area contributed by atoms with Crippen LogP contribution in [0.1, 0.15) is 26.7 Å². The molecular formula is C13H23N3O. The standard InChI is InChI=1S/C13H23N3O/c1-4-6-15-12-7-13(9-14-8-12)16-11(5-2)10-17-3/h7-9,11,15-16H,4-6,10H2,1-3H3. The third kappa shape index (κ3) is 5.04. The lowest BCUT2D eigenvalue weighted by molar-refractivity contribution is 0.184. The maximum absolute atomic E-state index is 5.16. The van der Waals surface area contributed by atoms with Gasteiger partial charge < -0.3 is 15.4 Å². The highest BCUT2D eigenvalue weighted by Gasteiger charge is 2.05. The van der Waals surface area contributed by atoms with Crippen LogP contribution in [-0.2, 0) is 4.74 Å². The molecule has 0 fully saturated rings. The van der Waals surface area contributed by atoms with Gasteiger partial charge in [0.15, 0.2) is 0 Å². The van der Waals surface area contributed by atoms with Crippen LogP contribution in [0.4, 0.5) is 11.4 Å². The molecule has 0 aliphatic carbocycles. The van der Waals surface area contributed by atoms with Crippen molar-refractivity contribution >= 4 is 11.4 Å². The fourth-order valence-corrected chi connectivity index (χ4v) is 1.58. The summed E-state index contributed by atoms with van der Waals surface area (Å²) < 4.78 is 5.16. The summed E-state index contributed by atoms with van der Waals surface area (Å²) in [5.41, 5.74) is 2.10. The van der Waals surface area contributed by atoms with Crippen LogP contribution in [0.25, 0.3) is 0 Å². The van der Waals surface area contributed by atoms with Gasteiger partial charge in [-0.15, -0.1) is 0 Å². The minimum absolute atomic E-state index is 0.336. The largest absolute Gasteiger partial charge is 0.384 e. The van der Waals surface area contributed by atoms with E-state index in [9.17, 15) is 0 Å². The fraction of sp³-hybridized carbons (Fsp3) is 0.615. The first-order valence-electron chi connectivity index (χ1n) is 6.24. The molecule has 96 valence electrons. The average Bonchev–Trinajstić information content (AvgIpc) is 2.36. The van der Waals surface area contributed by atoms with E-state index in [2.05, 4.69) is 35.5 Å². The highest BCUT2D eigenvalue weighted by atomic mass is 16.5. The topological polar surface area (TPSA) is 46.2 Å². The Morgan fingerprint density at radius 2 is 2.06 bits per heavy atom. The third-order valence-electron chi connectivity index (χ3n) is 2.55. The van der Waals surface area contributed by atoms with E-state index in [0.717, 1.165) is 30.8 Å². The number of anilines is 2. The Labute approximate surface area is 104 Å². The predicted molar refractivity (Wildman–Crippen MR) is 72.6 cm³/mol. The lowest BCUT2D eigenvalue weighted by Gasteiger charge is -2.17. The number of pyridine rings is 1. The van der Waals surface area contributed by atoms with E-state index in [1.54, 1.807) is 7.11 Å². The second kappa shape index (κ2) is 7.90. The number of methoxy groups -OCH3 is 1. The van der Waals surface area contributed by atoms with Crippen LogP contribution in [0, 0.1) is 0 Å². The van der Waals surface area contributed by atoms with Crippen molar-refractivity contribution in [2.75, 3.05) is 30.9 Å². The Bertz CT molecular complexity index is 317. The molecule has 0 aromatic carbocycles.